The number of amides is 1. The van der Waals surface area contributed by atoms with Crippen molar-refractivity contribution in [3.8, 4) is 5.88 Å². The Kier molecular flexibility index (Phi) is 4.35. The summed E-state index contributed by atoms with van der Waals surface area (Å²) in [7, 11) is 0. The lowest BCUT2D eigenvalue weighted by Crippen LogP contribution is -2.38. The van der Waals surface area contributed by atoms with Gasteiger partial charge in [-0.3, -0.25) is 14.5 Å². The van der Waals surface area contributed by atoms with Gasteiger partial charge in [-0.2, -0.15) is 0 Å². The highest BCUT2D eigenvalue weighted by molar-refractivity contribution is 5.94. The molecular weight excluding hydrogens is 335 g/mol. The second-order valence-electron chi connectivity index (χ2n) is 6.04. The molecule has 0 bridgehead atoms. The zero-order valence-corrected chi connectivity index (χ0v) is 14.0. The molecule has 1 aliphatic rings. The molecule has 7 heteroatoms. The number of halogens is 1. The summed E-state index contributed by atoms with van der Waals surface area (Å²) in [5, 5.41) is 4.42. The summed E-state index contributed by atoms with van der Waals surface area (Å²) in [6.45, 7) is 1.92. The molecule has 0 fully saturated rings. The molecule has 0 unspecified atom stereocenters. The smallest absolute Gasteiger partial charge is 0.254 e. The summed E-state index contributed by atoms with van der Waals surface area (Å²) < 4.78 is 20.6. The number of hydrogen-bond acceptors (Lipinski definition) is 4. The van der Waals surface area contributed by atoms with Gasteiger partial charge in [-0.15, -0.1) is 5.10 Å². The Bertz CT molecular complexity index is 909. The molecule has 2 aromatic heterocycles. The SMILES string of the molecule is O=C(c1ccc(F)cc1)N1CCn2nc(OCc3ccccn3)cc2C1. The molecule has 4 rings (SSSR count). The van der Waals surface area contributed by atoms with Gasteiger partial charge in [0.15, 0.2) is 0 Å². The molecule has 0 saturated heterocycles. The number of carbonyl (C=O) groups is 1. The van der Waals surface area contributed by atoms with Crippen molar-refractivity contribution in [2.24, 2.45) is 0 Å². The van der Waals surface area contributed by atoms with Crippen LogP contribution >= 0.6 is 0 Å². The summed E-state index contributed by atoms with van der Waals surface area (Å²) in [6.07, 6.45) is 1.72. The molecule has 6 nitrogen and oxygen atoms in total. The van der Waals surface area contributed by atoms with Crippen LogP contribution in [-0.4, -0.2) is 32.1 Å². The Balaban J connectivity index is 1.43. The highest BCUT2D eigenvalue weighted by Crippen LogP contribution is 2.20. The molecule has 1 aromatic carbocycles. The number of benzene rings is 1. The minimum atomic E-state index is -0.354. The first-order chi connectivity index (χ1) is 12.7. The van der Waals surface area contributed by atoms with Gasteiger partial charge in [-0.05, 0) is 36.4 Å². The number of ether oxygens (including phenoxy) is 1. The molecule has 132 valence electrons. The van der Waals surface area contributed by atoms with Crippen LogP contribution in [0, 0.1) is 5.82 Å². The van der Waals surface area contributed by atoms with E-state index in [4.69, 9.17) is 4.74 Å². The normalized spacial score (nSPS) is 13.3. The van der Waals surface area contributed by atoms with Crippen LogP contribution < -0.4 is 4.74 Å². The number of rotatable bonds is 4. The Morgan fingerprint density at radius 3 is 2.77 bits per heavy atom. The average molecular weight is 352 g/mol. The monoisotopic (exact) mass is 352 g/mol. The van der Waals surface area contributed by atoms with Gasteiger partial charge in [0, 0.05) is 24.4 Å². The van der Waals surface area contributed by atoms with E-state index in [1.54, 1.807) is 11.1 Å². The van der Waals surface area contributed by atoms with Gasteiger partial charge in [-0.1, -0.05) is 6.07 Å². The third kappa shape index (κ3) is 3.42. The summed E-state index contributed by atoms with van der Waals surface area (Å²) in [5.41, 5.74) is 2.21. The van der Waals surface area contributed by atoms with E-state index in [0.29, 0.717) is 37.7 Å². The van der Waals surface area contributed by atoms with Crippen LogP contribution in [0.5, 0.6) is 5.88 Å². The predicted octanol–water partition coefficient (Wildman–Crippen LogP) is 2.65. The van der Waals surface area contributed by atoms with Gasteiger partial charge in [0.2, 0.25) is 5.88 Å². The molecule has 0 saturated carbocycles. The van der Waals surface area contributed by atoms with Gasteiger partial charge >= 0.3 is 0 Å². The maximum atomic E-state index is 13.0. The Hall–Kier alpha value is -3.22. The Labute approximate surface area is 149 Å². The minimum Gasteiger partial charge on any atom is -0.470 e. The number of hydrogen-bond donors (Lipinski definition) is 0. The van der Waals surface area contributed by atoms with Crippen molar-refractivity contribution in [1.82, 2.24) is 19.7 Å². The molecular formula is C19H17FN4O2. The van der Waals surface area contributed by atoms with Crippen molar-refractivity contribution in [1.29, 1.82) is 0 Å². The number of aromatic nitrogens is 3. The first-order valence-electron chi connectivity index (χ1n) is 8.33. The topological polar surface area (TPSA) is 60.2 Å². The summed E-state index contributed by atoms with van der Waals surface area (Å²) in [6, 6.07) is 13.1. The van der Waals surface area contributed by atoms with E-state index in [2.05, 4.69) is 10.1 Å². The van der Waals surface area contributed by atoms with Crippen LogP contribution in [-0.2, 0) is 19.7 Å². The molecule has 0 atom stereocenters. The fourth-order valence-electron chi connectivity index (χ4n) is 2.89. The van der Waals surface area contributed by atoms with Crippen molar-refractivity contribution in [3.63, 3.8) is 0 Å². The Morgan fingerprint density at radius 2 is 2.00 bits per heavy atom. The fourth-order valence-corrected chi connectivity index (χ4v) is 2.89. The molecule has 3 heterocycles. The first kappa shape index (κ1) is 16.3. The predicted molar refractivity (Wildman–Crippen MR) is 91.9 cm³/mol. The molecule has 0 aliphatic carbocycles. The molecule has 26 heavy (non-hydrogen) atoms. The van der Waals surface area contributed by atoms with Gasteiger partial charge < -0.3 is 9.64 Å². The van der Waals surface area contributed by atoms with E-state index in [-0.39, 0.29) is 11.7 Å². The van der Waals surface area contributed by atoms with E-state index in [9.17, 15) is 9.18 Å². The van der Waals surface area contributed by atoms with E-state index in [0.717, 1.165) is 11.4 Å². The van der Waals surface area contributed by atoms with Crippen molar-refractivity contribution in [2.75, 3.05) is 6.54 Å². The lowest BCUT2D eigenvalue weighted by molar-refractivity contribution is 0.0706. The van der Waals surface area contributed by atoms with Crippen molar-refractivity contribution in [3.05, 3.63) is 77.5 Å². The lowest BCUT2D eigenvalue weighted by Gasteiger charge is -2.27. The minimum absolute atomic E-state index is 0.117. The van der Waals surface area contributed by atoms with Gasteiger partial charge in [0.25, 0.3) is 5.91 Å². The fraction of sp³-hybridized carbons (Fsp3) is 0.211. The highest BCUT2D eigenvalue weighted by atomic mass is 19.1. The van der Waals surface area contributed by atoms with E-state index in [1.807, 2.05) is 28.9 Å². The lowest BCUT2D eigenvalue weighted by atomic mass is 10.1. The number of fused-ring (bicyclic) bond motifs is 1. The van der Waals surface area contributed by atoms with E-state index >= 15 is 0 Å². The summed E-state index contributed by atoms with van der Waals surface area (Å²) in [5.74, 6) is 0.0445. The maximum Gasteiger partial charge on any atom is 0.254 e. The van der Waals surface area contributed by atoms with Crippen LogP contribution in [0.25, 0.3) is 0 Å². The van der Waals surface area contributed by atoms with Crippen LogP contribution in [0.3, 0.4) is 0 Å². The molecule has 1 amide bonds. The zero-order chi connectivity index (χ0) is 17.9. The maximum absolute atomic E-state index is 13.0. The second kappa shape index (κ2) is 6.95. The third-order valence-corrected chi connectivity index (χ3v) is 4.25. The largest absolute Gasteiger partial charge is 0.470 e. The second-order valence-corrected chi connectivity index (χ2v) is 6.04. The average Bonchev–Trinajstić information content (AvgIpc) is 3.09. The number of pyridine rings is 1. The standard InChI is InChI=1S/C19H17FN4O2/c20-15-6-4-14(5-7-15)19(25)23-9-10-24-17(12-23)11-18(22-24)26-13-16-3-1-2-8-21-16/h1-8,11H,9-10,12-13H2. The van der Waals surface area contributed by atoms with Gasteiger partial charge in [-0.25, -0.2) is 4.39 Å². The molecule has 0 radical (unpaired) electrons. The first-order valence-corrected chi connectivity index (χ1v) is 8.33. The van der Waals surface area contributed by atoms with E-state index in [1.165, 1.54) is 24.3 Å². The molecule has 0 spiro atoms. The zero-order valence-electron chi connectivity index (χ0n) is 14.0. The van der Waals surface area contributed by atoms with Crippen molar-refractivity contribution >= 4 is 5.91 Å². The molecule has 1 aliphatic heterocycles. The third-order valence-electron chi connectivity index (χ3n) is 4.25. The molecule has 0 N–H and O–H groups in total. The van der Waals surface area contributed by atoms with Crippen molar-refractivity contribution < 1.29 is 13.9 Å². The summed E-state index contributed by atoms with van der Waals surface area (Å²) >= 11 is 0. The van der Waals surface area contributed by atoms with Crippen LogP contribution in [0.2, 0.25) is 0 Å². The number of nitrogens with zero attached hydrogens (tertiary/aromatic N) is 4. The van der Waals surface area contributed by atoms with Crippen molar-refractivity contribution in [2.45, 2.75) is 19.7 Å². The van der Waals surface area contributed by atoms with Crippen LogP contribution in [0.1, 0.15) is 21.7 Å². The Morgan fingerprint density at radius 1 is 1.15 bits per heavy atom. The van der Waals surface area contributed by atoms with Crippen LogP contribution in [0.4, 0.5) is 4.39 Å². The number of carbonyl (C=O) groups excluding carboxylic acids is 1. The van der Waals surface area contributed by atoms with Gasteiger partial charge in [0.05, 0.1) is 24.5 Å². The van der Waals surface area contributed by atoms with Gasteiger partial charge in [0.1, 0.15) is 12.4 Å². The van der Waals surface area contributed by atoms with Crippen LogP contribution in [0.15, 0.2) is 54.7 Å². The van der Waals surface area contributed by atoms with E-state index < -0.39 is 0 Å². The highest BCUT2D eigenvalue weighted by Gasteiger charge is 2.23. The quantitative estimate of drug-likeness (QED) is 0.724. The summed E-state index contributed by atoms with van der Waals surface area (Å²) in [4.78, 5) is 18.5. The molecule has 3 aromatic rings.